The molecule has 168 valence electrons. The molecule has 32 heavy (non-hydrogen) atoms. The van der Waals surface area contributed by atoms with Crippen molar-refractivity contribution in [2.45, 2.75) is 65.5 Å². The van der Waals surface area contributed by atoms with Gasteiger partial charge in [-0.3, -0.25) is 9.78 Å². The average molecular weight is 433 g/mol. The van der Waals surface area contributed by atoms with Gasteiger partial charge in [0.05, 0.1) is 23.6 Å². The van der Waals surface area contributed by atoms with E-state index in [0.29, 0.717) is 18.0 Å². The molecule has 0 radical (unpaired) electrons. The summed E-state index contributed by atoms with van der Waals surface area (Å²) in [5, 5.41) is 17.1. The molecule has 4 aromatic rings. The first kappa shape index (κ1) is 20.9. The van der Waals surface area contributed by atoms with Crippen LogP contribution in [0, 0.1) is 6.92 Å². The summed E-state index contributed by atoms with van der Waals surface area (Å²) >= 11 is 0. The van der Waals surface area contributed by atoms with Gasteiger partial charge in [-0.1, -0.05) is 13.8 Å². The Labute approximate surface area is 188 Å². The highest BCUT2D eigenvalue weighted by Crippen LogP contribution is 2.36. The maximum Gasteiger partial charge on any atom is 0.158 e. The van der Waals surface area contributed by atoms with Crippen molar-refractivity contribution in [2.75, 3.05) is 13.1 Å². The first-order chi connectivity index (χ1) is 15.4. The van der Waals surface area contributed by atoms with Gasteiger partial charge < -0.3 is 4.90 Å². The number of nitrogens with zero attached hydrogens (tertiary/aromatic N) is 7. The maximum atomic E-state index is 4.74. The number of H-pyrrole nitrogens is 1. The molecule has 0 spiro atoms. The number of aryl methyl sites for hydroxylation is 1. The molecular weight excluding hydrogens is 400 g/mol. The Morgan fingerprint density at radius 3 is 2.53 bits per heavy atom. The normalized spacial score (nSPS) is 16.1. The van der Waals surface area contributed by atoms with Crippen LogP contribution in [-0.2, 0) is 0 Å². The minimum atomic E-state index is 0.308. The van der Waals surface area contributed by atoms with Crippen molar-refractivity contribution in [2.24, 2.45) is 0 Å². The first-order valence-corrected chi connectivity index (χ1v) is 11.6. The lowest BCUT2D eigenvalue weighted by atomic mass is 9.95. The fourth-order valence-corrected chi connectivity index (χ4v) is 4.91. The summed E-state index contributed by atoms with van der Waals surface area (Å²) in [7, 11) is 0. The summed E-state index contributed by atoms with van der Waals surface area (Å²) in [4.78, 5) is 6.88. The van der Waals surface area contributed by atoms with Gasteiger partial charge >= 0.3 is 0 Å². The zero-order chi connectivity index (χ0) is 22.4. The van der Waals surface area contributed by atoms with E-state index in [1.165, 1.54) is 5.56 Å². The van der Waals surface area contributed by atoms with E-state index in [-0.39, 0.29) is 0 Å². The largest absolute Gasteiger partial charge is 0.301 e. The van der Waals surface area contributed by atoms with Crippen LogP contribution >= 0.6 is 0 Å². The molecule has 0 bridgehead atoms. The number of piperidine rings is 1. The monoisotopic (exact) mass is 432 g/mol. The molecule has 1 N–H and O–H groups in total. The van der Waals surface area contributed by atoms with Crippen molar-refractivity contribution >= 4 is 5.65 Å². The van der Waals surface area contributed by atoms with E-state index >= 15 is 0 Å². The number of fused-ring (bicyclic) bond motifs is 1. The van der Waals surface area contributed by atoms with Gasteiger partial charge in [0.15, 0.2) is 5.65 Å². The topological polar surface area (TPSA) is 79.9 Å². The molecule has 1 saturated heterocycles. The summed E-state index contributed by atoms with van der Waals surface area (Å²) in [6.07, 6.45) is 10.0. The smallest absolute Gasteiger partial charge is 0.158 e. The molecule has 4 aromatic heterocycles. The molecule has 8 nitrogen and oxygen atoms in total. The van der Waals surface area contributed by atoms with Crippen molar-refractivity contribution in [3.8, 4) is 22.5 Å². The summed E-state index contributed by atoms with van der Waals surface area (Å²) < 4.78 is 3.98. The van der Waals surface area contributed by atoms with Crippen LogP contribution < -0.4 is 0 Å². The van der Waals surface area contributed by atoms with Crippen LogP contribution in [0.25, 0.3) is 28.2 Å². The standard InChI is InChI=1S/C24H32N8/c1-15(2)21-22(18-10-17(5)24-25-14-27-32(24)12-18)28-29-23(21)19-11-26-31(13-19)20-6-8-30(9-7-20)16(3)4/h10-16,20H,6-9H2,1-5H3,(H,28,29). The number of aromatic nitrogens is 7. The van der Waals surface area contributed by atoms with E-state index in [9.17, 15) is 0 Å². The predicted octanol–water partition coefficient (Wildman–Crippen LogP) is 4.46. The fraction of sp³-hybridized carbons (Fsp3) is 0.500. The summed E-state index contributed by atoms with van der Waals surface area (Å²) in [5.74, 6) is 0.308. The van der Waals surface area contributed by atoms with Crippen LogP contribution in [0.4, 0.5) is 0 Å². The Hall–Kier alpha value is -3.00. The number of aromatic amines is 1. The highest BCUT2D eigenvalue weighted by atomic mass is 15.3. The number of hydrogen-bond donors (Lipinski definition) is 1. The van der Waals surface area contributed by atoms with Crippen LogP contribution in [0.5, 0.6) is 0 Å². The van der Waals surface area contributed by atoms with Gasteiger partial charge in [-0.15, -0.1) is 0 Å². The van der Waals surface area contributed by atoms with Gasteiger partial charge in [0.25, 0.3) is 0 Å². The van der Waals surface area contributed by atoms with Gasteiger partial charge in [0, 0.05) is 48.2 Å². The zero-order valence-corrected chi connectivity index (χ0v) is 19.6. The predicted molar refractivity (Wildman–Crippen MR) is 126 cm³/mol. The Morgan fingerprint density at radius 2 is 1.81 bits per heavy atom. The Bertz CT molecular complexity index is 1220. The highest BCUT2D eigenvalue weighted by Gasteiger charge is 2.25. The van der Waals surface area contributed by atoms with E-state index < -0.39 is 0 Å². The van der Waals surface area contributed by atoms with Crippen molar-refractivity contribution < 1.29 is 0 Å². The number of pyridine rings is 1. The number of hydrogen-bond acceptors (Lipinski definition) is 5. The Morgan fingerprint density at radius 1 is 1.03 bits per heavy atom. The summed E-state index contributed by atoms with van der Waals surface area (Å²) in [5.41, 5.74) is 7.33. The SMILES string of the molecule is Cc1cc(-c2[nH]nc(-c3cnn(C4CCN(C(C)C)CC4)c3)c2C(C)C)cn2ncnc12. The van der Waals surface area contributed by atoms with Gasteiger partial charge in [0.1, 0.15) is 6.33 Å². The van der Waals surface area contributed by atoms with E-state index in [1.54, 1.807) is 6.33 Å². The van der Waals surface area contributed by atoms with Crippen LogP contribution in [0.3, 0.4) is 0 Å². The molecule has 1 fully saturated rings. The lowest BCUT2D eigenvalue weighted by Gasteiger charge is -2.34. The molecule has 5 heterocycles. The van der Waals surface area contributed by atoms with Gasteiger partial charge in [-0.2, -0.15) is 15.3 Å². The molecular formula is C24H32N8. The second-order valence-electron chi connectivity index (χ2n) is 9.53. The maximum absolute atomic E-state index is 4.74. The summed E-state index contributed by atoms with van der Waals surface area (Å²) in [6.45, 7) is 13.3. The zero-order valence-electron chi connectivity index (χ0n) is 19.6. The lowest BCUT2D eigenvalue weighted by Crippen LogP contribution is -2.39. The molecule has 0 saturated carbocycles. The Balaban J connectivity index is 1.47. The molecule has 5 rings (SSSR count). The third-order valence-corrected chi connectivity index (χ3v) is 6.71. The van der Waals surface area contributed by atoms with Crippen molar-refractivity contribution in [3.63, 3.8) is 0 Å². The lowest BCUT2D eigenvalue weighted by molar-refractivity contribution is 0.147. The van der Waals surface area contributed by atoms with E-state index in [1.807, 2.05) is 16.9 Å². The molecule has 8 heteroatoms. The van der Waals surface area contributed by atoms with Crippen molar-refractivity contribution in [3.05, 3.63) is 42.1 Å². The van der Waals surface area contributed by atoms with Crippen LogP contribution in [-0.4, -0.2) is 58.6 Å². The van der Waals surface area contributed by atoms with Crippen LogP contribution in [0.2, 0.25) is 0 Å². The van der Waals surface area contributed by atoms with Gasteiger partial charge in [0.2, 0.25) is 0 Å². The van der Waals surface area contributed by atoms with Gasteiger partial charge in [-0.05, 0) is 51.2 Å². The minimum Gasteiger partial charge on any atom is -0.301 e. The second kappa shape index (κ2) is 8.16. The minimum absolute atomic E-state index is 0.308. The van der Waals surface area contributed by atoms with Crippen molar-refractivity contribution in [1.82, 2.24) is 39.5 Å². The third-order valence-electron chi connectivity index (χ3n) is 6.71. The van der Waals surface area contributed by atoms with E-state index in [4.69, 9.17) is 10.2 Å². The quantitative estimate of drug-likeness (QED) is 0.504. The molecule has 1 aliphatic heterocycles. The molecule has 1 aliphatic rings. The highest BCUT2D eigenvalue weighted by molar-refractivity contribution is 5.75. The van der Waals surface area contributed by atoms with Crippen LogP contribution in [0.15, 0.2) is 31.0 Å². The van der Waals surface area contributed by atoms with Gasteiger partial charge in [-0.25, -0.2) is 9.50 Å². The third kappa shape index (κ3) is 3.62. The number of rotatable bonds is 5. The number of nitrogens with one attached hydrogen (secondary N) is 1. The average Bonchev–Trinajstić information content (AvgIpc) is 3.51. The van der Waals surface area contributed by atoms with Crippen LogP contribution in [0.1, 0.15) is 63.6 Å². The molecule has 0 unspecified atom stereocenters. The van der Waals surface area contributed by atoms with Crippen molar-refractivity contribution in [1.29, 1.82) is 0 Å². The van der Waals surface area contributed by atoms with E-state index in [0.717, 1.165) is 59.7 Å². The summed E-state index contributed by atoms with van der Waals surface area (Å²) in [6, 6.07) is 3.22. The van der Waals surface area contributed by atoms with E-state index in [2.05, 4.69) is 71.6 Å². The molecule has 0 atom stereocenters. The molecule has 0 amide bonds. The molecule has 0 aliphatic carbocycles. The fourth-order valence-electron chi connectivity index (χ4n) is 4.91. The molecule has 0 aromatic carbocycles. The first-order valence-electron chi connectivity index (χ1n) is 11.6. The Kier molecular flexibility index (Phi) is 5.33. The number of likely N-dealkylation sites (tertiary alicyclic amines) is 1. The second-order valence-corrected chi connectivity index (χ2v) is 9.53.